The van der Waals surface area contributed by atoms with Gasteiger partial charge in [-0.3, -0.25) is 0 Å². The number of hydrogen-bond donors (Lipinski definition) is 0. The van der Waals surface area contributed by atoms with Crippen LogP contribution in [0.15, 0.2) is 121 Å². The first-order chi connectivity index (χ1) is 17.2. The van der Waals surface area contributed by atoms with Gasteiger partial charge in [0.15, 0.2) is 0 Å². The van der Waals surface area contributed by atoms with Gasteiger partial charge in [-0.2, -0.15) is 12.1 Å². The van der Waals surface area contributed by atoms with Crippen molar-refractivity contribution in [3.8, 4) is 22.3 Å². The third kappa shape index (κ3) is 5.14. The smallest absolute Gasteiger partial charge is 0.358 e. The van der Waals surface area contributed by atoms with Crippen molar-refractivity contribution < 1.29 is 25.8 Å². The van der Waals surface area contributed by atoms with Crippen LogP contribution in [0.2, 0.25) is 0 Å². The van der Waals surface area contributed by atoms with Gasteiger partial charge in [0.2, 0.25) is 0 Å². The van der Waals surface area contributed by atoms with E-state index in [4.69, 9.17) is 0 Å². The molecule has 0 radical (unpaired) electrons. The van der Waals surface area contributed by atoms with Crippen LogP contribution in [0.5, 0.6) is 0 Å². The average molecular weight is 659 g/mol. The van der Waals surface area contributed by atoms with E-state index in [0.717, 1.165) is 12.8 Å². The van der Waals surface area contributed by atoms with Crippen molar-refractivity contribution in [3.63, 3.8) is 0 Å². The number of rotatable bonds is 6. The van der Waals surface area contributed by atoms with Gasteiger partial charge < -0.3 is 14.9 Å². The number of fused-ring (bicyclic) bond motifs is 2. The molecule has 0 saturated heterocycles. The van der Waals surface area contributed by atoms with E-state index in [1.54, 1.807) is 0 Å². The molecule has 6 aromatic rings. The van der Waals surface area contributed by atoms with Gasteiger partial charge in [-0.05, 0) is 23.0 Å². The minimum atomic E-state index is -0.0469. The summed E-state index contributed by atoms with van der Waals surface area (Å²) < 4.78 is 0. The Morgan fingerprint density at radius 1 is 0.579 bits per heavy atom. The molecule has 0 atom stereocenters. The van der Waals surface area contributed by atoms with Crippen molar-refractivity contribution in [2.75, 3.05) is 0 Å². The van der Waals surface area contributed by atoms with Crippen molar-refractivity contribution >= 4 is 21.5 Å². The third-order valence-corrected chi connectivity index (χ3v) is 7.70. The van der Waals surface area contributed by atoms with E-state index in [9.17, 15) is 0 Å². The van der Waals surface area contributed by atoms with Crippen LogP contribution in [-0.2, 0) is 31.3 Å². The van der Waals surface area contributed by atoms with Gasteiger partial charge in [0.1, 0.15) is 0 Å². The first kappa shape index (κ1) is 29.5. The van der Waals surface area contributed by atoms with Crippen molar-refractivity contribution in [2.24, 2.45) is 0 Å². The first-order valence-corrected chi connectivity index (χ1v) is 12.7. The summed E-state index contributed by atoms with van der Waals surface area (Å²) in [5.74, 6) is 0. The Morgan fingerprint density at radius 3 is 1.39 bits per heavy atom. The SMILES string of the molecule is CCCC(C)(c1cc2c(-c3ccccc3)cccc2[cH-]1)c1cc2c(-c3ccccc3)cccc2[cH-]1.[CH3-].[CH3-].[Hf+4]. The van der Waals surface area contributed by atoms with Gasteiger partial charge in [-0.25, -0.2) is 0 Å². The molecular weight excluding hydrogens is 623 g/mol. The van der Waals surface area contributed by atoms with E-state index in [1.165, 1.54) is 54.9 Å². The quantitative estimate of drug-likeness (QED) is 0.123. The fraction of sp³-hybridized carbons (Fsp3) is 0.135. The maximum absolute atomic E-state index is 2.45. The number of hydrogen-bond acceptors (Lipinski definition) is 0. The summed E-state index contributed by atoms with van der Waals surface area (Å²) in [6.45, 7) is 4.73. The fourth-order valence-electron chi connectivity index (χ4n) is 5.80. The molecule has 0 bridgehead atoms. The third-order valence-electron chi connectivity index (χ3n) is 7.70. The Bertz CT molecular complexity index is 1480. The predicted octanol–water partition coefficient (Wildman–Crippen LogP) is 10.8. The topological polar surface area (TPSA) is 0 Å². The van der Waals surface area contributed by atoms with E-state index in [0.29, 0.717) is 0 Å². The van der Waals surface area contributed by atoms with E-state index < -0.39 is 0 Å². The van der Waals surface area contributed by atoms with Crippen LogP contribution < -0.4 is 0 Å². The molecule has 0 saturated carbocycles. The van der Waals surface area contributed by atoms with Crippen LogP contribution in [0.25, 0.3) is 43.8 Å². The molecule has 0 N–H and O–H groups in total. The van der Waals surface area contributed by atoms with E-state index in [2.05, 4.69) is 135 Å². The Labute approximate surface area is 247 Å². The fourth-order valence-corrected chi connectivity index (χ4v) is 5.80. The molecule has 188 valence electrons. The summed E-state index contributed by atoms with van der Waals surface area (Å²) in [6, 6.07) is 44.6. The van der Waals surface area contributed by atoms with Crippen molar-refractivity contribution in [2.45, 2.75) is 32.1 Å². The van der Waals surface area contributed by atoms with Crippen LogP contribution >= 0.6 is 0 Å². The Balaban J connectivity index is 0.00000133. The van der Waals surface area contributed by atoms with Gasteiger partial charge >= 0.3 is 25.8 Å². The molecule has 0 heterocycles. The summed E-state index contributed by atoms with van der Waals surface area (Å²) in [5, 5.41) is 5.34. The van der Waals surface area contributed by atoms with Gasteiger partial charge in [-0.15, -0.1) is 69.1 Å². The van der Waals surface area contributed by atoms with E-state index in [1.807, 2.05) is 0 Å². The van der Waals surface area contributed by atoms with Gasteiger partial charge in [-0.1, -0.05) is 104 Å². The zero-order valence-electron chi connectivity index (χ0n) is 23.0. The van der Waals surface area contributed by atoms with Gasteiger partial charge in [0.25, 0.3) is 0 Å². The Hall–Kier alpha value is -3.03. The average Bonchev–Trinajstić information content (AvgIpc) is 3.55. The summed E-state index contributed by atoms with van der Waals surface area (Å²) in [7, 11) is 0. The van der Waals surface area contributed by atoms with E-state index >= 15 is 0 Å². The monoisotopic (exact) mass is 660 g/mol. The summed E-state index contributed by atoms with van der Waals surface area (Å²) >= 11 is 0. The normalized spacial score (nSPS) is 11.0. The molecule has 6 aromatic carbocycles. The zero-order valence-corrected chi connectivity index (χ0v) is 26.6. The van der Waals surface area contributed by atoms with Crippen LogP contribution in [0.4, 0.5) is 0 Å². The van der Waals surface area contributed by atoms with E-state index in [-0.39, 0.29) is 46.1 Å². The second kappa shape index (κ2) is 12.2. The van der Waals surface area contributed by atoms with Crippen molar-refractivity contribution in [3.05, 3.63) is 147 Å². The Kier molecular flexibility index (Phi) is 9.49. The summed E-state index contributed by atoms with van der Waals surface area (Å²) in [4.78, 5) is 0. The van der Waals surface area contributed by atoms with Crippen LogP contribution in [-0.4, -0.2) is 0 Å². The molecule has 0 unspecified atom stereocenters. The standard InChI is InChI=1S/C35H30.2CH3.Hf/c1-3-20-35(2,29-21-27-16-10-18-31(33(27)23-29)25-12-6-4-7-13-25)30-22-28-17-11-19-32(34(28)24-30)26-14-8-5-9-15-26;;;/h4-19,21-24H,3,20H2,1-2H3;2*1H3;/q-2;2*-1;+4. The summed E-state index contributed by atoms with van der Waals surface area (Å²) in [6.07, 6.45) is 2.25. The van der Waals surface area contributed by atoms with Gasteiger partial charge in [0, 0.05) is 0 Å². The molecular formula is C37H36Hf. The maximum atomic E-state index is 2.45. The molecule has 0 aliphatic rings. The van der Waals surface area contributed by atoms with Crippen molar-refractivity contribution in [1.29, 1.82) is 0 Å². The molecule has 38 heavy (non-hydrogen) atoms. The molecule has 0 amide bonds. The molecule has 0 aromatic heterocycles. The molecule has 0 spiro atoms. The minimum Gasteiger partial charge on any atom is -0.358 e. The predicted molar refractivity (Wildman–Crippen MR) is 164 cm³/mol. The second-order valence-electron chi connectivity index (χ2n) is 9.92. The largest absolute Gasteiger partial charge is 4.00 e. The maximum Gasteiger partial charge on any atom is 4.00 e. The zero-order chi connectivity index (χ0) is 23.8. The molecule has 0 aliphatic carbocycles. The molecule has 0 nitrogen and oxygen atoms in total. The first-order valence-electron chi connectivity index (χ1n) is 12.7. The van der Waals surface area contributed by atoms with Gasteiger partial charge in [0.05, 0.1) is 0 Å². The van der Waals surface area contributed by atoms with Crippen LogP contribution in [0.1, 0.15) is 37.8 Å². The van der Waals surface area contributed by atoms with Crippen molar-refractivity contribution in [1.82, 2.24) is 0 Å². The number of benzene rings is 4. The summed E-state index contributed by atoms with van der Waals surface area (Å²) in [5.41, 5.74) is 7.95. The van der Waals surface area contributed by atoms with Crippen LogP contribution in [0.3, 0.4) is 0 Å². The molecule has 1 heteroatoms. The second-order valence-corrected chi connectivity index (χ2v) is 9.92. The minimum absolute atomic E-state index is 0. The molecule has 6 rings (SSSR count). The molecule has 0 aliphatic heterocycles. The van der Waals surface area contributed by atoms with Crippen LogP contribution in [0, 0.1) is 14.9 Å². The molecule has 0 fully saturated rings. The Morgan fingerprint density at radius 2 is 1.00 bits per heavy atom.